The standard InChI is InChI=1S/C12H16ClNO4/c1-6-7(8(5-14)12(15)16)4-9(13)11(18-3)10(6)17-2/h4,8H,5,14H2,1-3H3,(H,15,16). The Bertz CT molecular complexity index is 462. The Hall–Kier alpha value is -1.46. The van der Waals surface area contributed by atoms with E-state index in [1.807, 2.05) is 0 Å². The number of halogens is 1. The van der Waals surface area contributed by atoms with Gasteiger partial charge in [-0.1, -0.05) is 11.6 Å². The van der Waals surface area contributed by atoms with Crippen molar-refractivity contribution >= 4 is 17.6 Å². The maximum Gasteiger partial charge on any atom is 0.312 e. The first-order chi connectivity index (χ1) is 8.47. The van der Waals surface area contributed by atoms with Gasteiger partial charge < -0.3 is 20.3 Å². The Morgan fingerprint density at radius 2 is 2.00 bits per heavy atom. The van der Waals surface area contributed by atoms with Crippen LogP contribution in [0.15, 0.2) is 6.07 Å². The van der Waals surface area contributed by atoms with E-state index in [-0.39, 0.29) is 6.54 Å². The number of carboxylic acids is 1. The van der Waals surface area contributed by atoms with Gasteiger partial charge in [-0.25, -0.2) is 0 Å². The highest BCUT2D eigenvalue weighted by Crippen LogP contribution is 2.41. The summed E-state index contributed by atoms with van der Waals surface area (Å²) in [6, 6.07) is 1.56. The normalized spacial score (nSPS) is 12.1. The molecule has 1 rings (SSSR count). The Morgan fingerprint density at radius 3 is 2.39 bits per heavy atom. The average molecular weight is 274 g/mol. The van der Waals surface area contributed by atoms with Crippen molar-refractivity contribution in [3.05, 3.63) is 22.2 Å². The van der Waals surface area contributed by atoms with Crippen LogP contribution in [-0.4, -0.2) is 31.8 Å². The fraction of sp³-hybridized carbons (Fsp3) is 0.417. The number of nitrogens with two attached hydrogens (primary N) is 1. The number of aliphatic carboxylic acids is 1. The molecule has 18 heavy (non-hydrogen) atoms. The minimum Gasteiger partial charge on any atom is -0.493 e. The molecule has 0 aliphatic heterocycles. The van der Waals surface area contributed by atoms with Crippen LogP contribution in [0, 0.1) is 6.92 Å². The summed E-state index contributed by atoms with van der Waals surface area (Å²) in [7, 11) is 2.95. The SMILES string of the molecule is COc1c(Cl)cc(C(CN)C(=O)O)c(C)c1OC. The number of carbonyl (C=O) groups is 1. The Balaban J connectivity index is 3.47. The lowest BCUT2D eigenvalue weighted by Gasteiger charge is -2.19. The third kappa shape index (κ3) is 2.52. The third-order valence-electron chi connectivity index (χ3n) is 2.80. The molecule has 0 aromatic heterocycles. The number of rotatable bonds is 5. The highest BCUT2D eigenvalue weighted by atomic mass is 35.5. The van der Waals surface area contributed by atoms with Crippen molar-refractivity contribution in [3.63, 3.8) is 0 Å². The van der Waals surface area contributed by atoms with Gasteiger partial charge in [-0.2, -0.15) is 0 Å². The zero-order chi connectivity index (χ0) is 13.9. The van der Waals surface area contributed by atoms with E-state index in [9.17, 15) is 4.79 Å². The predicted molar refractivity (Wildman–Crippen MR) is 68.7 cm³/mol. The van der Waals surface area contributed by atoms with Crippen molar-refractivity contribution in [3.8, 4) is 11.5 Å². The van der Waals surface area contributed by atoms with E-state index in [4.69, 9.17) is 31.9 Å². The van der Waals surface area contributed by atoms with Gasteiger partial charge in [-0.15, -0.1) is 0 Å². The molecule has 100 valence electrons. The Labute approximate surface area is 110 Å². The molecule has 6 heteroatoms. The van der Waals surface area contributed by atoms with E-state index in [2.05, 4.69) is 0 Å². The number of carboxylic acid groups (broad SMARTS) is 1. The van der Waals surface area contributed by atoms with Gasteiger partial charge in [0.05, 0.1) is 25.2 Å². The molecule has 3 N–H and O–H groups in total. The minimum atomic E-state index is -0.996. The van der Waals surface area contributed by atoms with Crippen molar-refractivity contribution in [2.75, 3.05) is 20.8 Å². The molecule has 1 aromatic carbocycles. The van der Waals surface area contributed by atoms with E-state index in [1.54, 1.807) is 13.0 Å². The highest BCUT2D eigenvalue weighted by Gasteiger charge is 2.25. The van der Waals surface area contributed by atoms with Crippen LogP contribution in [0.2, 0.25) is 5.02 Å². The van der Waals surface area contributed by atoms with E-state index in [0.717, 1.165) is 0 Å². The van der Waals surface area contributed by atoms with Crippen LogP contribution in [0.5, 0.6) is 11.5 Å². The first-order valence-electron chi connectivity index (χ1n) is 5.31. The molecule has 0 radical (unpaired) electrons. The van der Waals surface area contributed by atoms with Gasteiger partial charge in [-0.05, 0) is 24.1 Å². The molecular weight excluding hydrogens is 258 g/mol. The minimum absolute atomic E-state index is 0.0119. The first kappa shape index (κ1) is 14.6. The largest absolute Gasteiger partial charge is 0.493 e. The quantitative estimate of drug-likeness (QED) is 0.855. The van der Waals surface area contributed by atoms with Crippen LogP contribution in [0.4, 0.5) is 0 Å². The van der Waals surface area contributed by atoms with Crippen LogP contribution >= 0.6 is 11.6 Å². The zero-order valence-electron chi connectivity index (χ0n) is 10.5. The lowest BCUT2D eigenvalue weighted by atomic mass is 9.94. The summed E-state index contributed by atoms with van der Waals surface area (Å²) < 4.78 is 10.4. The second kappa shape index (κ2) is 5.93. The number of hydrogen-bond donors (Lipinski definition) is 2. The van der Waals surface area contributed by atoms with Crippen LogP contribution < -0.4 is 15.2 Å². The molecule has 5 nitrogen and oxygen atoms in total. The fourth-order valence-electron chi connectivity index (χ4n) is 1.88. The smallest absolute Gasteiger partial charge is 0.312 e. The topological polar surface area (TPSA) is 81.8 Å². The maximum atomic E-state index is 11.2. The van der Waals surface area contributed by atoms with Gasteiger partial charge in [0.1, 0.15) is 0 Å². The molecule has 1 atom stereocenters. The summed E-state index contributed by atoms with van der Waals surface area (Å²) >= 11 is 6.05. The molecule has 0 aliphatic rings. The maximum absolute atomic E-state index is 11.2. The predicted octanol–water partition coefficient (Wildman–Crippen LogP) is 1.79. The molecule has 1 unspecified atom stereocenters. The van der Waals surface area contributed by atoms with E-state index in [0.29, 0.717) is 27.6 Å². The molecule has 0 saturated heterocycles. The Morgan fingerprint density at radius 1 is 1.44 bits per heavy atom. The van der Waals surface area contributed by atoms with Gasteiger partial charge in [0.25, 0.3) is 0 Å². The summed E-state index contributed by atoms with van der Waals surface area (Å²) in [6.07, 6.45) is 0. The van der Waals surface area contributed by atoms with Crippen molar-refractivity contribution in [1.82, 2.24) is 0 Å². The summed E-state index contributed by atoms with van der Waals surface area (Å²) in [5, 5.41) is 9.44. The molecule has 0 saturated carbocycles. The monoisotopic (exact) mass is 273 g/mol. The molecule has 0 bridgehead atoms. The van der Waals surface area contributed by atoms with Crippen molar-refractivity contribution in [2.45, 2.75) is 12.8 Å². The molecule has 0 aliphatic carbocycles. The Kier molecular flexibility index (Phi) is 4.81. The number of ether oxygens (including phenoxy) is 2. The molecule has 0 amide bonds. The van der Waals surface area contributed by atoms with E-state index in [1.165, 1.54) is 14.2 Å². The molecule has 0 heterocycles. The first-order valence-corrected chi connectivity index (χ1v) is 5.69. The average Bonchev–Trinajstić information content (AvgIpc) is 2.32. The van der Waals surface area contributed by atoms with Gasteiger partial charge in [-0.3, -0.25) is 4.79 Å². The van der Waals surface area contributed by atoms with Crippen LogP contribution in [0.1, 0.15) is 17.0 Å². The van der Waals surface area contributed by atoms with Crippen molar-refractivity contribution in [2.24, 2.45) is 5.73 Å². The zero-order valence-corrected chi connectivity index (χ0v) is 11.2. The molecule has 0 fully saturated rings. The van der Waals surface area contributed by atoms with Gasteiger partial charge >= 0.3 is 5.97 Å². The molecule has 0 spiro atoms. The third-order valence-corrected chi connectivity index (χ3v) is 3.08. The summed E-state index contributed by atoms with van der Waals surface area (Å²) in [5.74, 6) is -0.993. The lowest BCUT2D eigenvalue weighted by molar-refractivity contribution is -0.138. The fourth-order valence-corrected chi connectivity index (χ4v) is 2.16. The van der Waals surface area contributed by atoms with Crippen LogP contribution in [0.3, 0.4) is 0 Å². The number of hydrogen-bond acceptors (Lipinski definition) is 4. The number of methoxy groups -OCH3 is 2. The van der Waals surface area contributed by atoms with Gasteiger partial charge in [0, 0.05) is 6.54 Å². The van der Waals surface area contributed by atoms with Crippen molar-refractivity contribution < 1.29 is 19.4 Å². The van der Waals surface area contributed by atoms with E-state index < -0.39 is 11.9 Å². The van der Waals surface area contributed by atoms with Crippen LogP contribution in [0.25, 0.3) is 0 Å². The second-order valence-electron chi connectivity index (χ2n) is 3.77. The number of benzene rings is 1. The van der Waals surface area contributed by atoms with Gasteiger partial charge in [0.15, 0.2) is 11.5 Å². The lowest BCUT2D eigenvalue weighted by Crippen LogP contribution is -2.22. The molecule has 1 aromatic rings. The summed E-state index contributed by atoms with van der Waals surface area (Å²) in [5.41, 5.74) is 6.69. The summed E-state index contributed by atoms with van der Waals surface area (Å²) in [4.78, 5) is 11.2. The second-order valence-corrected chi connectivity index (χ2v) is 4.17. The molecular formula is C12H16ClNO4. The highest BCUT2D eigenvalue weighted by molar-refractivity contribution is 6.32. The van der Waals surface area contributed by atoms with Crippen molar-refractivity contribution in [1.29, 1.82) is 0 Å². The van der Waals surface area contributed by atoms with Crippen LogP contribution in [-0.2, 0) is 4.79 Å². The van der Waals surface area contributed by atoms with Gasteiger partial charge in [0.2, 0.25) is 0 Å². The van der Waals surface area contributed by atoms with E-state index >= 15 is 0 Å². The summed E-state index contributed by atoms with van der Waals surface area (Å²) in [6.45, 7) is 1.74.